The molecule has 30 heavy (non-hydrogen) atoms. The maximum Gasteiger partial charge on any atom is 0.335 e. The van der Waals surface area contributed by atoms with Crippen LogP contribution in [0.1, 0.15) is 33.9 Å². The van der Waals surface area contributed by atoms with Gasteiger partial charge in [-0.3, -0.25) is 4.98 Å². The Bertz CT molecular complexity index is 1090. The number of carboxylic acids is 1. The predicted molar refractivity (Wildman–Crippen MR) is 115 cm³/mol. The third kappa shape index (κ3) is 3.77. The highest BCUT2D eigenvalue weighted by molar-refractivity contribution is 7.80. The van der Waals surface area contributed by atoms with E-state index < -0.39 is 5.97 Å². The molecule has 1 aliphatic heterocycles. The summed E-state index contributed by atoms with van der Waals surface area (Å²) in [6.07, 6.45) is 1.70. The summed E-state index contributed by atoms with van der Waals surface area (Å²) in [6, 6.07) is 13.0. The number of β-amino-alcohol motifs (C(OH)–C–C–N with tert-alkyl or cyclic N) is 1. The second kappa shape index (κ2) is 8.43. The molecule has 154 valence electrons. The largest absolute Gasteiger partial charge is 0.478 e. The van der Waals surface area contributed by atoms with Crippen molar-refractivity contribution in [1.29, 1.82) is 0 Å². The fraction of sp³-hybridized carbons (Fsp3) is 0.190. The lowest BCUT2D eigenvalue weighted by Gasteiger charge is -2.25. The number of aromatic carboxylic acids is 1. The number of aliphatic hydroxyl groups excluding tert-OH is 1. The van der Waals surface area contributed by atoms with E-state index in [4.69, 9.17) is 28.2 Å². The first-order chi connectivity index (χ1) is 14.5. The summed E-state index contributed by atoms with van der Waals surface area (Å²) in [5.41, 5.74) is 1.39. The highest BCUT2D eigenvalue weighted by Gasteiger charge is 2.41. The summed E-state index contributed by atoms with van der Waals surface area (Å²) in [4.78, 5) is 17.6. The molecule has 0 spiro atoms. The first kappa shape index (κ1) is 20.3. The molecule has 1 aliphatic rings. The first-order valence-corrected chi connectivity index (χ1v) is 10.00. The topological polar surface area (TPSA) is 98.8 Å². The van der Waals surface area contributed by atoms with Crippen LogP contribution in [0.4, 0.5) is 0 Å². The molecule has 0 amide bonds. The highest BCUT2D eigenvalue weighted by Crippen LogP contribution is 2.41. The molecule has 2 atom stereocenters. The lowest BCUT2D eigenvalue weighted by atomic mass is 10.0. The molecule has 9 heteroatoms. The average Bonchev–Trinajstić information content (AvgIpc) is 3.34. The van der Waals surface area contributed by atoms with E-state index >= 15 is 0 Å². The Kier molecular flexibility index (Phi) is 5.72. The monoisotopic (exact) mass is 443 g/mol. The SMILES string of the molecule is O=C(O)c1ccc(Cl)c(-c2ccc([C@H]3[C@H](c4ccccn4)NC(=S)N3CCO)o2)c1. The summed E-state index contributed by atoms with van der Waals surface area (Å²) < 4.78 is 6.12. The van der Waals surface area contributed by atoms with Gasteiger partial charge in [-0.05, 0) is 54.7 Å². The van der Waals surface area contributed by atoms with Crippen molar-refractivity contribution in [3.05, 3.63) is 76.8 Å². The van der Waals surface area contributed by atoms with Crippen LogP contribution >= 0.6 is 23.8 Å². The van der Waals surface area contributed by atoms with Gasteiger partial charge in [0.05, 0.1) is 28.9 Å². The van der Waals surface area contributed by atoms with E-state index in [2.05, 4.69) is 10.3 Å². The molecule has 1 fully saturated rings. The molecule has 3 aromatic rings. The summed E-state index contributed by atoms with van der Waals surface area (Å²) in [7, 11) is 0. The van der Waals surface area contributed by atoms with Crippen LogP contribution < -0.4 is 5.32 Å². The number of nitrogens with zero attached hydrogens (tertiary/aromatic N) is 2. The minimum atomic E-state index is -1.05. The Morgan fingerprint density at radius 1 is 1.27 bits per heavy atom. The van der Waals surface area contributed by atoms with E-state index in [-0.39, 0.29) is 24.3 Å². The first-order valence-electron chi connectivity index (χ1n) is 9.21. The van der Waals surface area contributed by atoms with Crippen molar-refractivity contribution in [2.45, 2.75) is 12.1 Å². The van der Waals surface area contributed by atoms with Crippen LogP contribution in [-0.4, -0.2) is 44.3 Å². The minimum Gasteiger partial charge on any atom is -0.478 e. The molecule has 0 saturated carbocycles. The third-order valence-electron chi connectivity index (χ3n) is 4.94. The van der Waals surface area contributed by atoms with Crippen LogP contribution in [0.25, 0.3) is 11.3 Å². The fourth-order valence-corrected chi connectivity index (χ4v) is 4.11. The zero-order valence-electron chi connectivity index (χ0n) is 15.7. The van der Waals surface area contributed by atoms with Crippen molar-refractivity contribution in [3.8, 4) is 11.3 Å². The van der Waals surface area contributed by atoms with Gasteiger partial charge < -0.3 is 24.8 Å². The van der Waals surface area contributed by atoms with Gasteiger partial charge in [0, 0.05) is 18.3 Å². The van der Waals surface area contributed by atoms with Crippen LogP contribution in [0.3, 0.4) is 0 Å². The van der Waals surface area contributed by atoms with Gasteiger partial charge in [0.15, 0.2) is 5.11 Å². The summed E-state index contributed by atoms with van der Waals surface area (Å²) >= 11 is 11.8. The highest BCUT2D eigenvalue weighted by atomic mass is 35.5. The van der Waals surface area contributed by atoms with Crippen LogP contribution in [0.2, 0.25) is 5.02 Å². The number of aromatic nitrogens is 1. The van der Waals surface area contributed by atoms with Gasteiger partial charge in [-0.1, -0.05) is 17.7 Å². The van der Waals surface area contributed by atoms with Crippen molar-refractivity contribution in [1.82, 2.24) is 15.2 Å². The van der Waals surface area contributed by atoms with Gasteiger partial charge in [-0.2, -0.15) is 0 Å². The van der Waals surface area contributed by atoms with Gasteiger partial charge in [0.2, 0.25) is 0 Å². The zero-order chi connectivity index (χ0) is 21.3. The molecule has 3 N–H and O–H groups in total. The second-order valence-corrected chi connectivity index (χ2v) is 7.54. The van der Waals surface area contributed by atoms with Gasteiger partial charge in [-0.15, -0.1) is 0 Å². The standard InChI is InChI=1S/C21H18ClN3O4S/c22-14-5-4-12(20(27)28)11-13(14)16-6-7-17(29-16)19-18(15-3-1-2-8-23-15)24-21(30)25(19)9-10-26/h1-8,11,18-19,26H,9-10H2,(H,24,30)(H,27,28)/t18-,19-/m0/s1. The molecule has 0 bridgehead atoms. The Hall–Kier alpha value is -2.94. The van der Waals surface area contributed by atoms with E-state index in [1.807, 2.05) is 23.1 Å². The fourth-order valence-electron chi connectivity index (χ4n) is 3.57. The normalized spacial score (nSPS) is 18.5. The van der Waals surface area contributed by atoms with Crippen molar-refractivity contribution < 1.29 is 19.4 Å². The molecule has 1 aromatic carbocycles. The molecule has 4 rings (SSSR count). The maximum absolute atomic E-state index is 11.3. The number of nitrogens with one attached hydrogen (secondary N) is 1. The predicted octanol–water partition coefficient (Wildman–Crippen LogP) is 3.66. The van der Waals surface area contributed by atoms with E-state index in [1.165, 1.54) is 18.2 Å². The Balaban J connectivity index is 1.75. The number of carboxylic acid groups (broad SMARTS) is 1. The summed E-state index contributed by atoms with van der Waals surface area (Å²) in [5.74, 6) is -0.00717. The third-order valence-corrected chi connectivity index (χ3v) is 5.62. The van der Waals surface area contributed by atoms with Crippen molar-refractivity contribution in [2.24, 2.45) is 0 Å². The van der Waals surface area contributed by atoms with Crippen molar-refractivity contribution in [2.75, 3.05) is 13.2 Å². The number of rotatable bonds is 6. The number of benzene rings is 1. The van der Waals surface area contributed by atoms with Gasteiger partial charge in [0.1, 0.15) is 17.6 Å². The van der Waals surface area contributed by atoms with Gasteiger partial charge in [-0.25, -0.2) is 4.79 Å². The smallest absolute Gasteiger partial charge is 0.335 e. The average molecular weight is 444 g/mol. The molecular weight excluding hydrogens is 426 g/mol. The number of carbonyl (C=O) groups is 1. The Morgan fingerprint density at radius 2 is 2.10 bits per heavy atom. The second-order valence-electron chi connectivity index (χ2n) is 6.75. The van der Waals surface area contributed by atoms with Crippen LogP contribution in [0.5, 0.6) is 0 Å². The Morgan fingerprint density at radius 3 is 2.80 bits per heavy atom. The number of hydrogen-bond acceptors (Lipinski definition) is 5. The van der Waals surface area contributed by atoms with Gasteiger partial charge >= 0.3 is 5.97 Å². The quantitative estimate of drug-likeness (QED) is 0.496. The molecule has 7 nitrogen and oxygen atoms in total. The van der Waals surface area contributed by atoms with Gasteiger partial charge in [0.25, 0.3) is 0 Å². The lowest BCUT2D eigenvalue weighted by Crippen LogP contribution is -2.32. The lowest BCUT2D eigenvalue weighted by molar-refractivity contribution is 0.0697. The molecule has 1 saturated heterocycles. The molecule has 0 unspecified atom stereocenters. The summed E-state index contributed by atoms with van der Waals surface area (Å²) in [6.45, 7) is 0.248. The number of pyridine rings is 1. The van der Waals surface area contributed by atoms with Crippen LogP contribution in [0.15, 0.2) is 59.1 Å². The van der Waals surface area contributed by atoms with E-state index in [9.17, 15) is 15.0 Å². The van der Waals surface area contributed by atoms with Crippen LogP contribution in [-0.2, 0) is 0 Å². The number of aliphatic hydroxyl groups is 1. The minimum absolute atomic E-state index is 0.0761. The maximum atomic E-state index is 11.3. The van der Waals surface area contributed by atoms with Crippen molar-refractivity contribution in [3.63, 3.8) is 0 Å². The van der Waals surface area contributed by atoms with E-state index in [0.717, 1.165) is 5.69 Å². The number of thiocarbonyl (C=S) groups is 1. The molecule has 0 radical (unpaired) electrons. The zero-order valence-corrected chi connectivity index (χ0v) is 17.2. The number of furan rings is 1. The van der Waals surface area contributed by atoms with Crippen LogP contribution in [0, 0.1) is 0 Å². The molecule has 3 heterocycles. The summed E-state index contributed by atoms with van der Waals surface area (Å²) in [5, 5.41) is 22.9. The number of halogens is 1. The molecular formula is C21H18ClN3O4S. The van der Waals surface area contributed by atoms with E-state index in [0.29, 0.717) is 33.8 Å². The number of hydrogen-bond donors (Lipinski definition) is 3. The van der Waals surface area contributed by atoms with Crippen molar-refractivity contribution >= 4 is 34.9 Å². The Labute approximate surface area is 182 Å². The van der Waals surface area contributed by atoms with E-state index in [1.54, 1.807) is 18.3 Å². The molecule has 0 aliphatic carbocycles. The molecule has 2 aromatic heterocycles.